The lowest BCUT2D eigenvalue weighted by Crippen LogP contribution is -2.50. The fraction of sp³-hybridized carbons (Fsp3) is 0.917. The topological polar surface area (TPSA) is 89.3 Å². The lowest BCUT2D eigenvalue weighted by molar-refractivity contribution is -0.132. The molecular weight excluding hydrogens is 252 g/mol. The van der Waals surface area contributed by atoms with E-state index in [1.807, 2.05) is 0 Å². The molecule has 0 aromatic carbocycles. The summed E-state index contributed by atoms with van der Waals surface area (Å²) in [6, 6.07) is -0.363. The molecule has 0 radical (unpaired) electrons. The lowest BCUT2D eigenvalue weighted by atomic mass is 9.73. The van der Waals surface area contributed by atoms with Crippen LogP contribution in [0.4, 0.5) is 0 Å². The second kappa shape index (κ2) is 6.02. The van der Waals surface area contributed by atoms with Crippen molar-refractivity contribution in [2.75, 3.05) is 18.6 Å². The molecule has 5 nitrogen and oxygen atoms in total. The predicted molar refractivity (Wildman–Crippen MR) is 71.9 cm³/mol. The largest absolute Gasteiger partial charge is 0.352 e. The van der Waals surface area contributed by atoms with Gasteiger partial charge in [0.15, 0.2) is 0 Å². The van der Waals surface area contributed by atoms with Crippen LogP contribution in [-0.2, 0) is 14.6 Å². The van der Waals surface area contributed by atoms with Gasteiger partial charge < -0.3 is 11.1 Å². The summed E-state index contributed by atoms with van der Waals surface area (Å²) in [5, 5.41) is 2.80. The van der Waals surface area contributed by atoms with Crippen LogP contribution in [0.2, 0.25) is 0 Å². The zero-order valence-electron chi connectivity index (χ0n) is 11.2. The molecule has 0 aromatic rings. The molecule has 1 aliphatic carbocycles. The van der Waals surface area contributed by atoms with Gasteiger partial charge in [0.25, 0.3) is 0 Å². The third-order valence-electron chi connectivity index (χ3n) is 3.61. The Hall–Kier alpha value is -0.620. The van der Waals surface area contributed by atoms with Gasteiger partial charge in [-0.25, -0.2) is 8.42 Å². The van der Waals surface area contributed by atoms with Crippen LogP contribution in [-0.4, -0.2) is 38.9 Å². The van der Waals surface area contributed by atoms with Gasteiger partial charge in [0.2, 0.25) is 5.91 Å². The van der Waals surface area contributed by atoms with Crippen LogP contribution in [0.5, 0.6) is 0 Å². The smallest absolute Gasteiger partial charge is 0.227 e. The van der Waals surface area contributed by atoms with Crippen molar-refractivity contribution < 1.29 is 13.2 Å². The van der Waals surface area contributed by atoms with Gasteiger partial charge >= 0.3 is 0 Å². The van der Waals surface area contributed by atoms with E-state index in [4.69, 9.17) is 5.73 Å². The van der Waals surface area contributed by atoms with Crippen LogP contribution >= 0.6 is 0 Å². The molecule has 6 heteroatoms. The van der Waals surface area contributed by atoms with Crippen molar-refractivity contribution in [3.63, 3.8) is 0 Å². The number of sulfone groups is 1. The number of hydrogen-bond donors (Lipinski definition) is 2. The van der Waals surface area contributed by atoms with E-state index in [1.54, 1.807) is 6.92 Å². The van der Waals surface area contributed by atoms with Crippen molar-refractivity contribution in [1.82, 2.24) is 5.32 Å². The molecule has 1 atom stereocenters. The van der Waals surface area contributed by atoms with Crippen LogP contribution in [0.25, 0.3) is 0 Å². The summed E-state index contributed by atoms with van der Waals surface area (Å²) < 4.78 is 22.3. The predicted octanol–water partition coefficient (Wildman–Crippen LogP) is 0.445. The maximum atomic E-state index is 12.3. The SMILES string of the molecule is CC(CS(C)(=O)=O)NC(=O)C1(CN)CCCCC1. The Bertz CT molecular complexity index is 386. The highest BCUT2D eigenvalue weighted by molar-refractivity contribution is 7.90. The number of nitrogens with two attached hydrogens (primary N) is 1. The number of carbonyl (C=O) groups excluding carboxylic acids is 1. The highest BCUT2D eigenvalue weighted by Crippen LogP contribution is 2.35. The Morgan fingerprint density at radius 2 is 1.89 bits per heavy atom. The number of amides is 1. The van der Waals surface area contributed by atoms with Crippen LogP contribution in [0.15, 0.2) is 0 Å². The summed E-state index contributed by atoms with van der Waals surface area (Å²) in [6.07, 6.45) is 5.97. The van der Waals surface area contributed by atoms with Gasteiger partial charge in [-0.05, 0) is 19.8 Å². The van der Waals surface area contributed by atoms with E-state index in [0.717, 1.165) is 32.1 Å². The van der Waals surface area contributed by atoms with Gasteiger partial charge in [0.1, 0.15) is 9.84 Å². The molecule has 1 unspecified atom stereocenters. The molecule has 18 heavy (non-hydrogen) atoms. The van der Waals surface area contributed by atoms with E-state index in [9.17, 15) is 13.2 Å². The first kappa shape index (κ1) is 15.4. The highest BCUT2D eigenvalue weighted by Gasteiger charge is 2.38. The van der Waals surface area contributed by atoms with Crippen molar-refractivity contribution in [3.05, 3.63) is 0 Å². The summed E-state index contributed by atoms with van der Waals surface area (Å²) in [6.45, 7) is 2.05. The fourth-order valence-corrected chi connectivity index (χ4v) is 3.62. The normalized spacial score (nSPS) is 21.3. The molecule has 0 saturated heterocycles. The summed E-state index contributed by atoms with van der Waals surface area (Å²) in [4.78, 5) is 12.3. The van der Waals surface area contributed by atoms with Gasteiger partial charge in [-0.15, -0.1) is 0 Å². The van der Waals surface area contributed by atoms with E-state index >= 15 is 0 Å². The molecule has 0 spiro atoms. The molecule has 0 heterocycles. The van der Waals surface area contributed by atoms with Crippen molar-refractivity contribution in [2.24, 2.45) is 11.1 Å². The van der Waals surface area contributed by atoms with Crippen molar-refractivity contribution in [3.8, 4) is 0 Å². The van der Waals surface area contributed by atoms with Crippen LogP contribution in [0.3, 0.4) is 0 Å². The quantitative estimate of drug-likeness (QED) is 0.762. The van der Waals surface area contributed by atoms with Gasteiger partial charge in [0.05, 0.1) is 11.2 Å². The molecule has 1 amide bonds. The van der Waals surface area contributed by atoms with E-state index in [-0.39, 0.29) is 17.7 Å². The van der Waals surface area contributed by atoms with Crippen LogP contribution in [0.1, 0.15) is 39.0 Å². The molecule has 3 N–H and O–H groups in total. The van der Waals surface area contributed by atoms with E-state index < -0.39 is 15.3 Å². The minimum Gasteiger partial charge on any atom is -0.352 e. The second-order valence-electron chi connectivity index (χ2n) is 5.51. The molecule has 106 valence electrons. The first-order valence-electron chi connectivity index (χ1n) is 6.48. The molecule has 0 aliphatic heterocycles. The minimum absolute atomic E-state index is 0.0284. The average Bonchev–Trinajstić information content (AvgIpc) is 2.27. The summed E-state index contributed by atoms with van der Waals surface area (Å²) in [7, 11) is -3.07. The number of carbonyl (C=O) groups is 1. The first-order chi connectivity index (χ1) is 8.29. The fourth-order valence-electron chi connectivity index (χ4n) is 2.63. The molecular formula is C12H24N2O3S. The Kier molecular flexibility index (Phi) is 5.16. The second-order valence-corrected chi connectivity index (χ2v) is 7.70. The summed E-state index contributed by atoms with van der Waals surface area (Å²) >= 11 is 0. The zero-order chi connectivity index (χ0) is 13.8. The van der Waals surface area contributed by atoms with Crippen molar-refractivity contribution >= 4 is 15.7 Å². The zero-order valence-corrected chi connectivity index (χ0v) is 12.1. The first-order valence-corrected chi connectivity index (χ1v) is 8.54. The standard InChI is InChI=1S/C12H24N2O3S/c1-10(8-18(2,16)17)14-11(15)12(9-13)6-4-3-5-7-12/h10H,3-9,13H2,1-2H3,(H,14,15). The van der Waals surface area contributed by atoms with Gasteiger partial charge in [-0.1, -0.05) is 19.3 Å². The Morgan fingerprint density at radius 3 is 2.33 bits per heavy atom. The molecule has 0 aromatic heterocycles. The molecule has 1 saturated carbocycles. The van der Waals surface area contributed by atoms with Gasteiger partial charge in [-0.3, -0.25) is 4.79 Å². The lowest BCUT2D eigenvalue weighted by Gasteiger charge is -2.35. The Morgan fingerprint density at radius 1 is 1.33 bits per heavy atom. The maximum absolute atomic E-state index is 12.3. The van der Waals surface area contributed by atoms with Crippen molar-refractivity contribution in [2.45, 2.75) is 45.1 Å². The third-order valence-corrected chi connectivity index (χ3v) is 4.72. The van der Waals surface area contributed by atoms with E-state index in [1.165, 1.54) is 6.26 Å². The summed E-state index contributed by atoms with van der Waals surface area (Å²) in [5.74, 6) is -0.111. The third kappa shape index (κ3) is 4.24. The van der Waals surface area contributed by atoms with Crippen molar-refractivity contribution in [1.29, 1.82) is 0 Å². The number of nitrogens with one attached hydrogen (secondary N) is 1. The molecule has 1 fully saturated rings. The number of rotatable bonds is 5. The molecule has 0 bridgehead atoms. The van der Waals surface area contributed by atoms with Gasteiger partial charge in [-0.2, -0.15) is 0 Å². The molecule has 1 aliphatic rings. The summed E-state index contributed by atoms with van der Waals surface area (Å²) in [5.41, 5.74) is 5.28. The average molecular weight is 276 g/mol. The Balaban J connectivity index is 2.62. The van der Waals surface area contributed by atoms with E-state index in [2.05, 4.69) is 5.32 Å². The number of hydrogen-bond acceptors (Lipinski definition) is 4. The molecule has 1 rings (SSSR count). The highest BCUT2D eigenvalue weighted by atomic mass is 32.2. The minimum atomic E-state index is -3.07. The Labute approximate surface area is 109 Å². The van der Waals surface area contributed by atoms with Gasteiger partial charge in [0, 0.05) is 18.8 Å². The van der Waals surface area contributed by atoms with E-state index in [0.29, 0.717) is 6.54 Å². The van der Waals surface area contributed by atoms with Crippen LogP contribution < -0.4 is 11.1 Å². The monoisotopic (exact) mass is 276 g/mol. The maximum Gasteiger partial charge on any atom is 0.227 e. The van der Waals surface area contributed by atoms with Crippen LogP contribution in [0, 0.1) is 5.41 Å².